The molecule has 0 saturated carbocycles. The van der Waals surface area contributed by atoms with E-state index in [0.29, 0.717) is 6.61 Å². The molecule has 0 radical (unpaired) electrons. The second kappa shape index (κ2) is 9.89. The number of nitrogens with zero attached hydrogens (tertiary/aromatic N) is 2. The van der Waals surface area contributed by atoms with E-state index in [9.17, 15) is 0 Å². The number of para-hydroxylation sites is 1. The Kier molecular flexibility index (Phi) is 6.79. The van der Waals surface area contributed by atoms with E-state index in [1.807, 2.05) is 30.5 Å². The lowest BCUT2D eigenvalue weighted by atomic mass is 10.2. The van der Waals surface area contributed by atoms with Crippen LogP contribution in [0.5, 0.6) is 5.75 Å². The van der Waals surface area contributed by atoms with Crippen LogP contribution in [0.15, 0.2) is 77.8 Å². The van der Waals surface area contributed by atoms with Crippen molar-refractivity contribution in [3.8, 4) is 5.75 Å². The first-order valence-electron chi connectivity index (χ1n) is 9.71. The summed E-state index contributed by atoms with van der Waals surface area (Å²) >= 11 is 2.31. The Hall–Kier alpha value is -2.38. The van der Waals surface area contributed by atoms with E-state index in [2.05, 4.69) is 81.0 Å². The molecule has 0 unspecified atom stereocenters. The largest absolute Gasteiger partial charge is 0.488 e. The summed E-state index contributed by atoms with van der Waals surface area (Å²) < 4.78 is 12.7. The molecule has 1 heterocycles. The summed E-state index contributed by atoms with van der Waals surface area (Å²) in [4.78, 5) is 6.98. The van der Waals surface area contributed by atoms with Gasteiger partial charge in [-0.15, -0.1) is 0 Å². The Labute approximate surface area is 185 Å². The maximum Gasteiger partial charge on any atom is 0.128 e. The molecule has 0 N–H and O–H groups in total. The van der Waals surface area contributed by atoms with E-state index >= 15 is 0 Å². The lowest BCUT2D eigenvalue weighted by molar-refractivity contribution is 0.122. The van der Waals surface area contributed by atoms with E-state index < -0.39 is 0 Å². The first kappa shape index (κ1) is 19.9. The molecule has 0 aromatic heterocycles. The van der Waals surface area contributed by atoms with E-state index in [1.165, 1.54) is 9.26 Å². The van der Waals surface area contributed by atoms with Crippen LogP contribution in [0.2, 0.25) is 0 Å². The van der Waals surface area contributed by atoms with Gasteiger partial charge in [-0.05, 0) is 76.7 Å². The van der Waals surface area contributed by atoms with Crippen LogP contribution in [0, 0.1) is 3.57 Å². The third-order valence-electron chi connectivity index (χ3n) is 4.81. The number of anilines is 1. The Morgan fingerprint density at radius 3 is 2.41 bits per heavy atom. The van der Waals surface area contributed by atoms with Gasteiger partial charge in [-0.25, -0.2) is 0 Å². The van der Waals surface area contributed by atoms with Crippen molar-refractivity contribution in [2.75, 3.05) is 31.2 Å². The zero-order valence-corrected chi connectivity index (χ0v) is 18.3. The fourth-order valence-electron chi connectivity index (χ4n) is 3.18. The van der Waals surface area contributed by atoms with Gasteiger partial charge in [-0.1, -0.05) is 24.3 Å². The highest BCUT2D eigenvalue weighted by atomic mass is 127. The van der Waals surface area contributed by atoms with Gasteiger partial charge in [-0.2, -0.15) is 0 Å². The van der Waals surface area contributed by atoms with E-state index in [1.54, 1.807) is 0 Å². The summed E-state index contributed by atoms with van der Waals surface area (Å²) in [7, 11) is 0. The number of aliphatic imine (C=N–C) groups is 1. The monoisotopic (exact) mass is 498 g/mol. The highest BCUT2D eigenvalue weighted by Gasteiger charge is 2.10. The summed E-state index contributed by atoms with van der Waals surface area (Å²) in [6.45, 7) is 4.00. The predicted molar refractivity (Wildman–Crippen MR) is 127 cm³/mol. The van der Waals surface area contributed by atoms with Gasteiger partial charge < -0.3 is 14.4 Å². The van der Waals surface area contributed by atoms with E-state index in [4.69, 9.17) is 9.47 Å². The fraction of sp³-hybridized carbons (Fsp3) is 0.208. The summed E-state index contributed by atoms with van der Waals surface area (Å²) in [5, 5.41) is 0. The number of halogens is 1. The van der Waals surface area contributed by atoms with Gasteiger partial charge in [0.25, 0.3) is 0 Å². The Morgan fingerprint density at radius 2 is 1.66 bits per heavy atom. The molecular formula is C24H23IN2O2. The average Bonchev–Trinajstić information content (AvgIpc) is 2.79. The molecular weight excluding hydrogens is 475 g/mol. The molecule has 4 rings (SSSR count). The van der Waals surface area contributed by atoms with Crippen LogP contribution in [-0.2, 0) is 11.3 Å². The number of morpholine rings is 1. The molecule has 1 fully saturated rings. The van der Waals surface area contributed by atoms with Crippen molar-refractivity contribution < 1.29 is 9.47 Å². The van der Waals surface area contributed by atoms with Crippen molar-refractivity contribution in [1.29, 1.82) is 0 Å². The Balaban J connectivity index is 1.42. The summed E-state index contributed by atoms with van der Waals surface area (Å²) in [6.07, 6.45) is 1.87. The van der Waals surface area contributed by atoms with Crippen molar-refractivity contribution in [1.82, 2.24) is 0 Å². The molecule has 5 heteroatoms. The Morgan fingerprint density at radius 1 is 0.931 bits per heavy atom. The molecule has 3 aromatic rings. The standard InChI is InChI=1S/C24H23IN2O2/c25-21-7-5-19(6-8-21)18-29-24-4-2-1-3-20(24)17-26-22-9-11-23(12-10-22)27-13-15-28-16-14-27/h1-12,17H,13-16,18H2. The van der Waals surface area contributed by atoms with Crippen LogP contribution in [0.3, 0.4) is 0 Å². The van der Waals surface area contributed by atoms with Gasteiger partial charge in [0.05, 0.1) is 18.9 Å². The zero-order valence-electron chi connectivity index (χ0n) is 16.1. The number of benzene rings is 3. The minimum absolute atomic E-state index is 0.538. The van der Waals surface area contributed by atoms with Gasteiger partial charge in [0.15, 0.2) is 0 Å². The minimum atomic E-state index is 0.538. The lowest BCUT2D eigenvalue weighted by Gasteiger charge is -2.28. The first-order chi connectivity index (χ1) is 14.3. The van der Waals surface area contributed by atoms with Gasteiger partial charge >= 0.3 is 0 Å². The topological polar surface area (TPSA) is 34.1 Å². The molecule has 29 heavy (non-hydrogen) atoms. The van der Waals surface area contributed by atoms with Crippen molar-refractivity contribution in [3.63, 3.8) is 0 Å². The normalized spacial score (nSPS) is 14.3. The smallest absolute Gasteiger partial charge is 0.128 e. The van der Waals surface area contributed by atoms with Crippen LogP contribution in [0.25, 0.3) is 0 Å². The zero-order chi connectivity index (χ0) is 19.9. The SMILES string of the molecule is Ic1ccc(COc2ccccc2C=Nc2ccc(N3CCOCC3)cc2)cc1. The predicted octanol–water partition coefficient (Wildman–Crippen LogP) is 5.46. The second-order valence-corrected chi connectivity index (χ2v) is 8.07. The van der Waals surface area contributed by atoms with Gasteiger partial charge in [0.2, 0.25) is 0 Å². The van der Waals surface area contributed by atoms with Crippen LogP contribution in [0.4, 0.5) is 11.4 Å². The quantitative estimate of drug-likeness (QED) is 0.335. The summed E-state index contributed by atoms with van der Waals surface area (Å²) in [5.41, 5.74) is 4.26. The number of rotatable bonds is 6. The number of hydrogen-bond donors (Lipinski definition) is 0. The molecule has 0 amide bonds. The molecule has 0 spiro atoms. The molecule has 0 aliphatic carbocycles. The summed E-state index contributed by atoms with van der Waals surface area (Å²) in [6, 6.07) is 24.7. The van der Waals surface area contributed by atoms with Crippen molar-refractivity contribution in [2.45, 2.75) is 6.61 Å². The minimum Gasteiger partial charge on any atom is -0.488 e. The van der Waals surface area contributed by atoms with Crippen molar-refractivity contribution in [3.05, 3.63) is 87.5 Å². The molecule has 1 aliphatic rings. The highest BCUT2D eigenvalue weighted by Crippen LogP contribution is 2.22. The van der Waals surface area contributed by atoms with Crippen molar-refractivity contribution in [2.24, 2.45) is 4.99 Å². The lowest BCUT2D eigenvalue weighted by Crippen LogP contribution is -2.36. The van der Waals surface area contributed by atoms with Crippen molar-refractivity contribution >= 4 is 40.2 Å². The van der Waals surface area contributed by atoms with Gasteiger partial charge in [0.1, 0.15) is 12.4 Å². The Bertz CT molecular complexity index is 949. The van der Waals surface area contributed by atoms with Crippen LogP contribution in [0.1, 0.15) is 11.1 Å². The van der Waals surface area contributed by atoms with Gasteiger partial charge in [0, 0.05) is 34.1 Å². The molecule has 0 atom stereocenters. The maximum absolute atomic E-state index is 6.04. The first-order valence-corrected chi connectivity index (χ1v) is 10.8. The van der Waals surface area contributed by atoms with E-state index in [0.717, 1.165) is 48.9 Å². The third kappa shape index (κ3) is 5.58. The van der Waals surface area contributed by atoms with Gasteiger partial charge in [-0.3, -0.25) is 4.99 Å². The summed E-state index contributed by atoms with van der Waals surface area (Å²) in [5.74, 6) is 0.833. The molecule has 3 aromatic carbocycles. The molecule has 0 bridgehead atoms. The maximum atomic E-state index is 6.04. The number of hydrogen-bond acceptors (Lipinski definition) is 4. The van der Waals surface area contributed by atoms with E-state index in [-0.39, 0.29) is 0 Å². The molecule has 148 valence electrons. The third-order valence-corrected chi connectivity index (χ3v) is 5.52. The average molecular weight is 498 g/mol. The fourth-order valence-corrected chi connectivity index (χ4v) is 3.54. The molecule has 1 aliphatic heterocycles. The number of ether oxygens (including phenoxy) is 2. The molecule has 1 saturated heterocycles. The highest BCUT2D eigenvalue weighted by molar-refractivity contribution is 14.1. The second-order valence-electron chi connectivity index (χ2n) is 6.83. The van der Waals surface area contributed by atoms with Crippen LogP contribution >= 0.6 is 22.6 Å². The van der Waals surface area contributed by atoms with Crippen LogP contribution in [-0.4, -0.2) is 32.5 Å². The molecule has 4 nitrogen and oxygen atoms in total. The van der Waals surface area contributed by atoms with Crippen LogP contribution < -0.4 is 9.64 Å².